The molecule has 17 heavy (non-hydrogen) atoms. The van der Waals surface area contributed by atoms with Crippen LogP contribution in [-0.2, 0) is 17.6 Å². The standard InChI is InChI=1S/C13H17NO3/c1-8(15)14-10-6-9-4-5-12(16-2)13(17-3)11(9)7-10/h4-5,10H,6-7H2,1-3H3,(H,14,15)/t10-/m1/s1. The number of carbonyl (C=O) groups is 1. The van der Waals surface area contributed by atoms with Gasteiger partial charge in [-0.2, -0.15) is 0 Å². The fourth-order valence-corrected chi connectivity index (χ4v) is 2.42. The normalized spacial score (nSPS) is 17.5. The van der Waals surface area contributed by atoms with E-state index in [9.17, 15) is 4.79 Å². The summed E-state index contributed by atoms with van der Waals surface area (Å²) in [7, 11) is 3.27. The van der Waals surface area contributed by atoms with Gasteiger partial charge in [0.05, 0.1) is 14.2 Å². The molecule has 0 heterocycles. The molecular weight excluding hydrogens is 218 g/mol. The lowest BCUT2D eigenvalue weighted by atomic mass is 10.1. The van der Waals surface area contributed by atoms with E-state index in [-0.39, 0.29) is 11.9 Å². The summed E-state index contributed by atoms with van der Waals surface area (Å²) < 4.78 is 10.7. The van der Waals surface area contributed by atoms with E-state index in [1.54, 1.807) is 21.1 Å². The van der Waals surface area contributed by atoms with Crippen LogP contribution in [-0.4, -0.2) is 26.2 Å². The van der Waals surface area contributed by atoms with Crippen molar-refractivity contribution in [3.8, 4) is 11.5 Å². The summed E-state index contributed by atoms with van der Waals surface area (Å²) in [4.78, 5) is 11.1. The lowest BCUT2D eigenvalue weighted by Gasteiger charge is -2.12. The van der Waals surface area contributed by atoms with Crippen molar-refractivity contribution < 1.29 is 14.3 Å². The van der Waals surface area contributed by atoms with E-state index in [2.05, 4.69) is 5.32 Å². The molecule has 4 nitrogen and oxygen atoms in total. The van der Waals surface area contributed by atoms with Gasteiger partial charge in [-0.05, 0) is 24.5 Å². The number of amides is 1. The van der Waals surface area contributed by atoms with Crippen molar-refractivity contribution in [1.29, 1.82) is 0 Å². The summed E-state index contributed by atoms with van der Waals surface area (Å²) in [5.74, 6) is 1.54. The van der Waals surface area contributed by atoms with Crippen LogP contribution < -0.4 is 14.8 Å². The smallest absolute Gasteiger partial charge is 0.217 e. The number of rotatable bonds is 3. The highest BCUT2D eigenvalue weighted by molar-refractivity contribution is 5.73. The molecule has 1 amide bonds. The van der Waals surface area contributed by atoms with E-state index in [1.165, 1.54) is 5.56 Å². The molecule has 0 aliphatic heterocycles. The second-order valence-electron chi connectivity index (χ2n) is 4.24. The van der Waals surface area contributed by atoms with Crippen molar-refractivity contribution in [1.82, 2.24) is 5.32 Å². The molecule has 1 aromatic rings. The van der Waals surface area contributed by atoms with E-state index in [0.717, 1.165) is 29.9 Å². The molecule has 1 aliphatic rings. The van der Waals surface area contributed by atoms with E-state index in [1.807, 2.05) is 12.1 Å². The van der Waals surface area contributed by atoms with Crippen LogP contribution in [0.5, 0.6) is 11.5 Å². The zero-order chi connectivity index (χ0) is 12.4. The van der Waals surface area contributed by atoms with Gasteiger partial charge in [-0.25, -0.2) is 0 Å². The van der Waals surface area contributed by atoms with Gasteiger partial charge in [0.15, 0.2) is 11.5 Å². The molecule has 0 spiro atoms. The Kier molecular flexibility index (Phi) is 3.22. The maximum absolute atomic E-state index is 11.1. The fraction of sp³-hybridized carbons (Fsp3) is 0.462. The Morgan fingerprint density at radius 1 is 1.29 bits per heavy atom. The molecule has 0 aromatic heterocycles. The van der Waals surface area contributed by atoms with Gasteiger partial charge in [-0.3, -0.25) is 4.79 Å². The molecule has 1 atom stereocenters. The summed E-state index contributed by atoms with van der Waals surface area (Å²) in [5.41, 5.74) is 2.37. The first kappa shape index (κ1) is 11.8. The van der Waals surface area contributed by atoms with Crippen molar-refractivity contribution in [2.45, 2.75) is 25.8 Å². The number of methoxy groups -OCH3 is 2. The summed E-state index contributed by atoms with van der Waals surface area (Å²) >= 11 is 0. The van der Waals surface area contributed by atoms with Crippen molar-refractivity contribution in [2.24, 2.45) is 0 Å². The quantitative estimate of drug-likeness (QED) is 0.859. The minimum Gasteiger partial charge on any atom is -0.493 e. The highest BCUT2D eigenvalue weighted by Crippen LogP contribution is 2.38. The molecule has 1 N–H and O–H groups in total. The summed E-state index contributed by atoms with van der Waals surface area (Å²) in [6.45, 7) is 1.54. The number of ether oxygens (including phenoxy) is 2. The Morgan fingerprint density at radius 3 is 2.65 bits per heavy atom. The number of hydrogen-bond donors (Lipinski definition) is 1. The molecule has 0 bridgehead atoms. The Balaban J connectivity index is 2.28. The van der Waals surface area contributed by atoms with Crippen LogP contribution in [0.25, 0.3) is 0 Å². The van der Waals surface area contributed by atoms with Crippen LogP contribution in [0.4, 0.5) is 0 Å². The van der Waals surface area contributed by atoms with Crippen molar-refractivity contribution in [2.75, 3.05) is 14.2 Å². The molecule has 0 fully saturated rings. The first-order valence-electron chi connectivity index (χ1n) is 5.65. The third-order valence-corrected chi connectivity index (χ3v) is 3.07. The van der Waals surface area contributed by atoms with Crippen molar-refractivity contribution in [3.05, 3.63) is 23.3 Å². The summed E-state index contributed by atoms with van der Waals surface area (Å²) in [6, 6.07) is 4.12. The second-order valence-corrected chi connectivity index (χ2v) is 4.24. The molecule has 92 valence electrons. The number of hydrogen-bond acceptors (Lipinski definition) is 3. The number of nitrogens with one attached hydrogen (secondary N) is 1. The average Bonchev–Trinajstić information content (AvgIpc) is 2.68. The van der Waals surface area contributed by atoms with E-state index in [4.69, 9.17) is 9.47 Å². The van der Waals surface area contributed by atoms with Gasteiger partial charge >= 0.3 is 0 Å². The largest absolute Gasteiger partial charge is 0.493 e. The topological polar surface area (TPSA) is 47.6 Å². The molecule has 0 radical (unpaired) electrons. The maximum atomic E-state index is 11.1. The summed E-state index contributed by atoms with van der Waals surface area (Å²) in [6.07, 6.45) is 1.66. The lowest BCUT2D eigenvalue weighted by molar-refractivity contribution is -0.119. The van der Waals surface area contributed by atoms with Gasteiger partial charge in [0, 0.05) is 18.5 Å². The first-order chi connectivity index (χ1) is 8.15. The lowest BCUT2D eigenvalue weighted by Crippen LogP contribution is -2.33. The molecule has 4 heteroatoms. The molecular formula is C13H17NO3. The van der Waals surface area contributed by atoms with E-state index in [0.29, 0.717) is 0 Å². The zero-order valence-electron chi connectivity index (χ0n) is 10.4. The predicted octanol–water partition coefficient (Wildman–Crippen LogP) is 1.31. The summed E-state index contributed by atoms with van der Waals surface area (Å²) in [5, 5.41) is 2.94. The van der Waals surface area contributed by atoms with Gasteiger partial charge in [-0.1, -0.05) is 6.07 Å². The Labute approximate surface area is 101 Å². The molecule has 1 aromatic carbocycles. The molecule has 0 saturated carbocycles. The van der Waals surface area contributed by atoms with E-state index >= 15 is 0 Å². The third-order valence-electron chi connectivity index (χ3n) is 3.07. The van der Waals surface area contributed by atoms with Gasteiger partial charge < -0.3 is 14.8 Å². The zero-order valence-corrected chi connectivity index (χ0v) is 10.4. The Bertz CT molecular complexity index is 443. The molecule has 2 rings (SSSR count). The van der Waals surface area contributed by atoms with Gasteiger partial charge in [0.1, 0.15) is 0 Å². The maximum Gasteiger partial charge on any atom is 0.217 e. The number of carbonyl (C=O) groups excluding carboxylic acids is 1. The third kappa shape index (κ3) is 2.20. The average molecular weight is 235 g/mol. The van der Waals surface area contributed by atoms with E-state index < -0.39 is 0 Å². The van der Waals surface area contributed by atoms with Crippen LogP contribution in [0.3, 0.4) is 0 Å². The van der Waals surface area contributed by atoms with Crippen LogP contribution in [0.2, 0.25) is 0 Å². The first-order valence-corrected chi connectivity index (χ1v) is 5.65. The molecule has 0 unspecified atom stereocenters. The van der Waals surface area contributed by atoms with Crippen molar-refractivity contribution in [3.63, 3.8) is 0 Å². The van der Waals surface area contributed by atoms with Crippen LogP contribution in [0.15, 0.2) is 12.1 Å². The van der Waals surface area contributed by atoms with Crippen LogP contribution >= 0.6 is 0 Å². The second kappa shape index (κ2) is 4.65. The van der Waals surface area contributed by atoms with Gasteiger partial charge in [0.2, 0.25) is 5.91 Å². The highest BCUT2D eigenvalue weighted by Gasteiger charge is 2.26. The van der Waals surface area contributed by atoms with Gasteiger partial charge in [-0.15, -0.1) is 0 Å². The number of benzene rings is 1. The van der Waals surface area contributed by atoms with Crippen LogP contribution in [0.1, 0.15) is 18.1 Å². The Morgan fingerprint density at radius 2 is 2.06 bits per heavy atom. The minimum absolute atomic E-state index is 0.00809. The SMILES string of the molecule is COc1ccc2c(c1OC)C[C@H](NC(C)=O)C2. The van der Waals surface area contributed by atoms with Crippen molar-refractivity contribution >= 4 is 5.91 Å². The molecule has 0 saturated heterocycles. The monoisotopic (exact) mass is 235 g/mol. The van der Waals surface area contributed by atoms with Gasteiger partial charge in [0.25, 0.3) is 0 Å². The highest BCUT2D eigenvalue weighted by atomic mass is 16.5. The van der Waals surface area contributed by atoms with Crippen LogP contribution in [0, 0.1) is 0 Å². The fourth-order valence-electron chi connectivity index (χ4n) is 2.42. The predicted molar refractivity (Wildman–Crippen MR) is 64.6 cm³/mol. The Hall–Kier alpha value is -1.71. The molecule has 1 aliphatic carbocycles. The number of fused-ring (bicyclic) bond motifs is 1. The minimum atomic E-state index is 0.00809.